The fourth-order valence-electron chi connectivity index (χ4n) is 2.76. The van der Waals surface area contributed by atoms with Gasteiger partial charge in [-0.25, -0.2) is 4.79 Å². The molecule has 0 radical (unpaired) electrons. The number of benzene rings is 2. The lowest BCUT2D eigenvalue weighted by Crippen LogP contribution is -2.22. The predicted molar refractivity (Wildman–Crippen MR) is 96.7 cm³/mol. The van der Waals surface area contributed by atoms with Crippen molar-refractivity contribution in [3.05, 3.63) is 53.1 Å². The van der Waals surface area contributed by atoms with Gasteiger partial charge in [0, 0.05) is 5.69 Å². The molecular formula is C20H21NO5. The van der Waals surface area contributed by atoms with E-state index in [9.17, 15) is 9.59 Å². The van der Waals surface area contributed by atoms with Crippen molar-refractivity contribution in [1.29, 1.82) is 0 Å². The summed E-state index contributed by atoms with van der Waals surface area (Å²) in [6.45, 7) is 5.82. The Kier molecular flexibility index (Phi) is 5.11. The van der Waals surface area contributed by atoms with Crippen LogP contribution in [0.4, 0.5) is 5.69 Å². The van der Waals surface area contributed by atoms with Crippen LogP contribution in [0.1, 0.15) is 41.3 Å². The summed E-state index contributed by atoms with van der Waals surface area (Å²) in [4.78, 5) is 24.4. The van der Waals surface area contributed by atoms with Gasteiger partial charge in [0.2, 0.25) is 6.79 Å². The molecule has 6 nitrogen and oxygen atoms in total. The number of nitrogens with one attached hydrogen (secondary N) is 1. The zero-order valence-corrected chi connectivity index (χ0v) is 15.0. The molecule has 0 unspecified atom stereocenters. The number of carbonyl (C=O) groups excluding carboxylic acids is 2. The summed E-state index contributed by atoms with van der Waals surface area (Å²) in [5.74, 6) is 0.370. The molecule has 1 heterocycles. The first kappa shape index (κ1) is 17.8. The van der Waals surface area contributed by atoms with Gasteiger partial charge in [0.15, 0.2) is 18.1 Å². The van der Waals surface area contributed by atoms with Crippen LogP contribution in [0.25, 0.3) is 0 Å². The number of esters is 1. The summed E-state index contributed by atoms with van der Waals surface area (Å²) < 4.78 is 15.5. The number of amides is 1. The molecule has 2 aromatic rings. The lowest BCUT2D eigenvalue weighted by Gasteiger charge is -2.16. The molecule has 1 N–H and O–H groups in total. The Balaban J connectivity index is 1.62. The van der Waals surface area contributed by atoms with Crippen LogP contribution in [0.2, 0.25) is 0 Å². The average Bonchev–Trinajstić information content (AvgIpc) is 3.08. The van der Waals surface area contributed by atoms with Crippen molar-refractivity contribution < 1.29 is 23.8 Å². The third kappa shape index (κ3) is 3.79. The highest BCUT2D eigenvalue weighted by molar-refractivity contribution is 5.96. The first-order valence-electron chi connectivity index (χ1n) is 8.42. The van der Waals surface area contributed by atoms with Crippen molar-refractivity contribution in [1.82, 2.24) is 0 Å². The first-order valence-corrected chi connectivity index (χ1v) is 8.42. The topological polar surface area (TPSA) is 73.9 Å². The smallest absolute Gasteiger partial charge is 0.338 e. The number of rotatable bonds is 5. The van der Waals surface area contributed by atoms with E-state index in [0.717, 1.165) is 16.8 Å². The first-order chi connectivity index (χ1) is 12.5. The second kappa shape index (κ2) is 7.47. The minimum atomic E-state index is -0.590. The number of hydrogen-bond acceptors (Lipinski definition) is 5. The second-order valence-corrected chi connectivity index (χ2v) is 6.39. The number of ether oxygens (including phenoxy) is 3. The summed E-state index contributed by atoms with van der Waals surface area (Å²) in [6.07, 6.45) is 0. The Morgan fingerprint density at radius 1 is 1.15 bits per heavy atom. The van der Waals surface area contributed by atoms with Crippen LogP contribution in [0, 0.1) is 6.92 Å². The molecular weight excluding hydrogens is 334 g/mol. The SMILES string of the molecule is Cc1cccc(C(C)C)c1NC(=O)COC(=O)c1ccc2c(c1)OCO2. The number of anilines is 1. The van der Waals surface area contributed by atoms with E-state index < -0.39 is 5.97 Å². The van der Waals surface area contributed by atoms with E-state index in [-0.39, 0.29) is 25.2 Å². The number of fused-ring (bicyclic) bond motifs is 1. The second-order valence-electron chi connectivity index (χ2n) is 6.39. The van der Waals surface area contributed by atoms with Gasteiger partial charge in [-0.15, -0.1) is 0 Å². The molecule has 3 rings (SSSR count). The third-order valence-electron chi connectivity index (χ3n) is 4.13. The van der Waals surface area contributed by atoms with Gasteiger partial charge in [-0.2, -0.15) is 0 Å². The average molecular weight is 355 g/mol. The van der Waals surface area contributed by atoms with Crippen molar-refractivity contribution in [3.63, 3.8) is 0 Å². The van der Waals surface area contributed by atoms with Gasteiger partial charge >= 0.3 is 5.97 Å². The Hall–Kier alpha value is -3.02. The van der Waals surface area contributed by atoms with Gasteiger partial charge in [0.25, 0.3) is 5.91 Å². The van der Waals surface area contributed by atoms with Crippen molar-refractivity contribution in [2.24, 2.45) is 0 Å². The van der Waals surface area contributed by atoms with E-state index in [1.54, 1.807) is 18.2 Å². The van der Waals surface area contributed by atoms with E-state index in [1.807, 2.05) is 25.1 Å². The van der Waals surface area contributed by atoms with Crippen LogP contribution < -0.4 is 14.8 Å². The molecule has 0 bridgehead atoms. The van der Waals surface area contributed by atoms with Crippen LogP contribution in [0.15, 0.2) is 36.4 Å². The van der Waals surface area contributed by atoms with E-state index >= 15 is 0 Å². The van der Waals surface area contributed by atoms with Crippen molar-refractivity contribution in [3.8, 4) is 11.5 Å². The third-order valence-corrected chi connectivity index (χ3v) is 4.13. The lowest BCUT2D eigenvalue weighted by atomic mass is 9.98. The molecule has 2 aromatic carbocycles. The van der Waals surface area contributed by atoms with E-state index in [2.05, 4.69) is 19.2 Å². The normalized spacial score (nSPS) is 12.2. The van der Waals surface area contributed by atoms with Crippen LogP contribution >= 0.6 is 0 Å². The molecule has 0 saturated heterocycles. The fraction of sp³-hybridized carbons (Fsp3) is 0.300. The molecule has 6 heteroatoms. The Labute approximate surface area is 152 Å². The highest BCUT2D eigenvalue weighted by Crippen LogP contribution is 2.32. The van der Waals surface area contributed by atoms with E-state index in [4.69, 9.17) is 14.2 Å². The quantitative estimate of drug-likeness (QED) is 0.829. The molecule has 0 aliphatic carbocycles. The van der Waals surface area contributed by atoms with Crippen molar-refractivity contribution >= 4 is 17.6 Å². The fourth-order valence-corrected chi connectivity index (χ4v) is 2.76. The Bertz CT molecular complexity index is 844. The van der Waals surface area contributed by atoms with Gasteiger partial charge in [0.05, 0.1) is 5.56 Å². The molecule has 136 valence electrons. The van der Waals surface area contributed by atoms with Gasteiger partial charge in [0.1, 0.15) is 0 Å². The van der Waals surface area contributed by atoms with Gasteiger partial charge in [-0.05, 0) is 42.2 Å². The lowest BCUT2D eigenvalue weighted by molar-refractivity contribution is -0.119. The molecule has 1 aliphatic heterocycles. The number of para-hydroxylation sites is 1. The molecule has 1 aliphatic rings. The predicted octanol–water partition coefficient (Wildman–Crippen LogP) is 3.64. The van der Waals surface area contributed by atoms with Crippen molar-refractivity contribution in [2.45, 2.75) is 26.7 Å². The van der Waals surface area contributed by atoms with Crippen LogP contribution in [0.3, 0.4) is 0 Å². The number of hydrogen-bond donors (Lipinski definition) is 1. The highest BCUT2D eigenvalue weighted by Gasteiger charge is 2.18. The largest absolute Gasteiger partial charge is 0.454 e. The maximum atomic E-state index is 12.2. The summed E-state index contributed by atoms with van der Waals surface area (Å²) >= 11 is 0. The van der Waals surface area contributed by atoms with Gasteiger partial charge < -0.3 is 19.5 Å². The van der Waals surface area contributed by atoms with Crippen LogP contribution in [-0.2, 0) is 9.53 Å². The molecule has 0 atom stereocenters. The summed E-state index contributed by atoms with van der Waals surface area (Å²) in [6, 6.07) is 10.6. The molecule has 0 aromatic heterocycles. The van der Waals surface area contributed by atoms with E-state index in [1.165, 1.54) is 0 Å². The molecule has 26 heavy (non-hydrogen) atoms. The molecule has 0 fully saturated rings. The maximum absolute atomic E-state index is 12.2. The molecule has 1 amide bonds. The zero-order valence-electron chi connectivity index (χ0n) is 15.0. The standard InChI is InChI=1S/C20H21NO5/c1-12(2)15-6-4-5-13(3)19(15)21-18(22)10-24-20(23)14-7-8-16-17(9-14)26-11-25-16/h4-9,12H,10-11H2,1-3H3,(H,21,22). The monoisotopic (exact) mass is 355 g/mol. The van der Waals surface area contributed by atoms with Crippen molar-refractivity contribution in [2.75, 3.05) is 18.7 Å². The van der Waals surface area contributed by atoms with Crippen LogP contribution in [0.5, 0.6) is 11.5 Å². The molecule has 0 saturated carbocycles. The number of aryl methyl sites for hydroxylation is 1. The molecule has 0 spiro atoms. The van der Waals surface area contributed by atoms with Gasteiger partial charge in [-0.3, -0.25) is 4.79 Å². The highest BCUT2D eigenvalue weighted by atomic mass is 16.7. The Morgan fingerprint density at radius 3 is 2.69 bits per heavy atom. The Morgan fingerprint density at radius 2 is 1.92 bits per heavy atom. The van der Waals surface area contributed by atoms with Gasteiger partial charge in [-0.1, -0.05) is 32.0 Å². The minimum absolute atomic E-state index is 0.130. The summed E-state index contributed by atoms with van der Waals surface area (Å²) in [5, 5.41) is 2.85. The minimum Gasteiger partial charge on any atom is -0.454 e. The van der Waals surface area contributed by atoms with E-state index in [0.29, 0.717) is 17.1 Å². The zero-order chi connectivity index (χ0) is 18.7. The summed E-state index contributed by atoms with van der Waals surface area (Å²) in [5.41, 5.74) is 3.08. The van der Waals surface area contributed by atoms with Crippen LogP contribution in [-0.4, -0.2) is 25.3 Å². The number of carbonyl (C=O) groups is 2. The summed E-state index contributed by atoms with van der Waals surface area (Å²) in [7, 11) is 0. The maximum Gasteiger partial charge on any atom is 0.338 e.